The summed E-state index contributed by atoms with van der Waals surface area (Å²) in [6.07, 6.45) is 2.50. The van der Waals surface area contributed by atoms with Crippen LogP contribution in [-0.2, 0) is 11.2 Å². The van der Waals surface area contributed by atoms with E-state index in [1.165, 1.54) is 6.20 Å². The minimum Gasteiger partial charge on any atom is -0.492 e. The minimum absolute atomic E-state index is 0.104. The van der Waals surface area contributed by atoms with Crippen LogP contribution in [0.4, 0.5) is 4.79 Å². The highest BCUT2D eigenvalue weighted by Crippen LogP contribution is 2.17. The molecule has 1 aromatic heterocycles. The maximum Gasteiger partial charge on any atom is 0.435 e. The van der Waals surface area contributed by atoms with E-state index in [1.807, 2.05) is 6.92 Å². The van der Waals surface area contributed by atoms with Crippen LogP contribution < -0.4 is 0 Å². The molecule has 0 aliphatic rings. The van der Waals surface area contributed by atoms with Gasteiger partial charge >= 0.3 is 6.09 Å². The van der Waals surface area contributed by atoms with Gasteiger partial charge in [0.2, 0.25) is 5.88 Å². The van der Waals surface area contributed by atoms with Crippen molar-refractivity contribution in [3.05, 3.63) is 11.8 Å². The van der Waals surface area contributed by atoms with Crippen LogP contribution in [0.3, 0.4) is 0 Å². The van der Waals surface area contributed by atoms with Crippen LogP contribution >= 0.6 is 0 Å². The molecule has 0 saturated heterocycles. The van der Waals surface area contributed by atoms with Gasteiger partial charge in [0.1, 0.15) is 5.60 Å². The topological polar surface area (TPSA) is 64.4 Å². The molecule has 90 valence electrons. The molecule has 0 spiro atoms. The van der Waals surface area contributed by atoms with Crippen LogP contribution in [0.25, 0.3) is 0 Å². The Balaban J connectivity index is 2.81. The predicted molar refractivity (Wildman–Crippen MR) is 59.5 cm³/mol. The van der Waals surface area contributed by atoms with Gasteiger partial charge in [0.05, 0.1) is 0 Å². The van der Waals surface area contributed by atoms with Gasteiger partial charge in [0.15, 0.2) is 0 Å². The number of aryl methyl sites for hydroxylation is 1. The highest BCUT2D eigenvalue weighted by Gasteiger charge is 2.19. The van der Waals surface area contributed by atoms with Gasteiger partial charge in [-0.2, -0.15) is 4.68 Å². The first-order valence-electron chi connectivity index (χ1n) is 5.34. The number of carbonyl (C=O) groups excluding carboxylic acids is 1. The van der Waals surface area contributed by atoms with Crippen molar-refractivity contribution >= 4 is 6.09 Å². The quantitative estimate of drug-likeness (QED) is 0.840. The van der Waals surface area contributed by atoms with E-state index >= 15 is 0 Å². The molecule has 5 nitrogen and oxygen atoms in total. The zero-order valence-electron chi connectivity index (χ0n) is 10.1. The molecule has 0 amide bonds. The first-order valence-corrected chi connectivity index (χ1v) is 5.34. The zero-order chi connectivity index (χ0) is 12.3. The van der Waals surface area contributed by atoms with Crippen molar-refractivity contribution in [2.45, 2.75) is 46.1 Å². The molecule has 0 fully saturated rings. The van der Waals surface area contributed by atoms with Gasteiger partial charge < -0.3 is 9.84 Å². The lowest BCUT2D eigenvalue weighted by atomic mass is 10.2. The van der Waals surface area contributed by atoms with Crippen molar-refractivity contribution in [1.29, 1.82) is 0 Å². The molecule has 1 heterocycles. The zero-order valence-corrected chi connectivity index (χ0v) is 10.1. The van der Waals surface area contributed by atoms with Crippen LogP contribution in [0.1, 0.15) is 39.7 Å². The summed E-state index contributed by atoms with van der Waals surface area (Å²) in [6.45, 7) is 7.33. The van der Waals surface area contributed by atoms with Crippen LogP contribution in [0.2, 0.25) is 0 Å². The van der Waals surface area contributed by atoms with Gasteiger partial charge in [-0.25, -0.2) is 4.79 Å². The summed E-state index contributed by atoms with van der Waals surface area (Å²) in [5, 5.41) is 13.2. The largest absolute Gasteiger partial charge is 0.492 e. The highest BCUT2D eigenvalue weighted by atomic mass is 16.6. The summed E-state index contributed by atoms with van der Waals surface area (Å²) < 4.78 is 6.15. The molecule has 0 aliphatic heterocycles. The van der Waals surface area contributed by atoms with Gasteiger partial charge in [-0.1, -0.05) is 13.3 Å². The third-order valence-corrected chi connectivity index (χ3v) is 1.87. The Labute approximate surface area is 95.0 Å². The molecular formula is C11H18N2O3. The lowest BCUT2D eigenvalue weighted by molar-refractivity contribution is 0.0512. The fourth-order valence-corrected chi connectivity index (χ4v) is 1.25. The molecule has 1 N–H and O–H groups in total. The van der Waals surface area contributed by atoms with Crippen molar-refractivity contribution < 1.29 is 14.6 Å². The number of hydrogen-bond donors (Lipinski definition) is 1. The van der Waals surface area contributed by atoms with Gasteiger partial charge in [-0.05, 0) is 27.2 Å². The molecule has 0 aliphatic carbocycles. The molecule has 16 heavy (non-hydrogen) atoms. The van der Waals surface area contributed by atoms with Crippen molar-refractivity contribution in [3.8, 4) is 5.88 Å². The Morgan fingerprint density at radius 1 is 1.56 bits per heavy atom. The highest BCUT2D eigenvalue weighted by molar-refractivity contribution is 5.70. The second-order valence-corrected chi connectivity index (χ2v) is 4.65. The Morgan fingerprint density at radius 3 is 2.69 bits per heavy atom. The summed E-state index contributed by atoms with van der Waals surface area (Å²) in [5.41, 5.74) is 0.0946. The Bertz CT molecular complexity index is 377. The summed E-state index contributed by atoms with van der Waals surface area (Å²) in [6, 6.07) is 0. The maximum atomic E-state index is 11.6. The average Bonchev–Trinajstić information content (AvgIpc) is 2.46. The monoisotopic (exact) mass is 226 g/mol. The summed E-state index contributed by atoms with van der Waals surface area (Å²) in [5.74, 6) is -0.104. The Hall–Kier alpha value is -1.52. The molecule has 0 aromatic carbocycles. The number of ether oxygens (including phenoxy) is 1. The van der Waals surface area contributed by atoms with Gasteiger partial charge in [-0.15, -0.1) is 5.10 Å². The second kappa shape index (κ2) is 4.55. The van der Waals surface area contributed by atoms with Crippen molar-refractivity contribution in [2.24, 2.45) is 0 Å². The van der Waals surface area contributed by atoms with E-state index < -0.39 is 11.7 Å². The SMILES string of the molecule is CCCc1cn(C(=O)OC(C)(C)C)nc1O. The molecule has 0 saturated carbocycles. The Morgan fingerprint density at radius 2 is 2.19 bits per heavy atom. The van der Waals surface area contributed by atoms with Crippen LogP contribution in [0.15, 0.2) is 6.20 Å². The standard InChI is InChI=1S/C11H18N2O3/c1-5-6-8-7-13(12-9(8)14)10(15)16-11(2,3)4/h7H,5-6H2,1-4H3,(H,12,14). The summed E-state index contributed by atoms with van der Waals surface area (Å²) >= 11 is 0. The van der Waals surface area contributed by atoms with Crippen molar-refractivity contribution in [1.82, 2.24) is 9.78 Å². The van der Waals surface area contributed by atoms with Gasteiger partial charge in [0, 0.05) is 11.8 Å². The van der Waals surface area contributed by atoms with E-state index in [0.29, 0.717) is 12.0 Å². The predicted octanol–water partition coefficient (Wildman–Crippen LogP) is 2.32. The number of rotatable bonds is 2. The number of hydrogen-bond acceptors (Lipinski definition) is 4. The molecule has 1 rings (SSSR count). The van der Waals surface area contributed by atoms with E-state index in [-0.39, 0.29) is 5.88 Å². The summed E-state index contributed by atoms with van der Waals surface area (Å²) in [4.78, 5) is 11.6. The van der Waals surface area contributed by atoms with E-state index in [0.717, 1.165) is 11.1 Å². The third kappa shape index (κ3) is 3.25. The van der Waals surface area contributed by atoms with Crippen LogP contribution in [0.5, 0.6) is 5.88 Å². The van der Waals surface area contributed by atoms with Crippen molar-refractivity contribution in [3.63, 3.8) is 0 Å². The lowest BCUT2D eigenvalue weighted by Crippen LogP contribution is -2.27. The van der Waals surface area contributed by atoms with Crippen LogP contribution in [0, 0.1) is 0 Å². The first kappa shape index (κ1) is 12.5. The smallest absolute Gasteiger partial charge is 0.435 e. The number of carbonyl (C=O) groups is 1. The molecular weight excluding hydrogens is 208 g/mol. The third-order valence-electron chi connectivity index (χ3n) is 1.87. The normalized spacial score (nSPS) is 11.5. The minimum atomic E-state index is -0.579. The number of aromatic hydroxyl groups is 1. The fraction of sp³-hybridized carbons (Fsp3) is 0.636. The van der Waals surface area contributed by atoms with Gasteiger partial charge in [-0.3, -0.25) is 0 Å². The Kier molecular flexibility index (Phi) is 3.57. The van der Waals surface area contributed by atoms with E-state index in [1.54, 1.807) is 20.8 Å². The molecule has 0 atom stereocenters. The van der Waals surface area contributed by atoms with E-state index in [9.17, 15) is 9.90 Å². The molecule has 0 unspecified atom stereocenters. The lowest BCUT2D eigenvalue weighted by Gasteiger charge is -2.18. The molecule has 0 radical (unpaired) electrons. The van der Waals surface area contributed by atoms with Crippen LogP contribution in [-0.4, -0.2) is 26.6 Å². The first-order chi connectivity index (χ1) is 7.33. The fourth-order valence-electron chi connectivity index (χ4n) is 1.25. The molecule has 0 bridgehead atoms. The van der Waals surface area contributed by atoms with Gasteiger partial charge in [0.25, 0.3) is 0 Å². The number of nitrogens with zero attached hydrogens (tertiary/aromatic N) is 2. The molecule has 1 aromatic rings. The second-order valence-electron chi connectivity index (χ2n) is 4.65. The van der Waals surface area contributed by atoms with Crippen molar-refractivity contribution in [2.75, 3.05) is 0 Å². The van der Waals surface area contributed by atoms with E-state index in [2.05, 4.69) is 5.10 Å². The molecule has 5 heteroatoms. The summed E-state index contributed by atoms with van der Waals surface area (Å²) in [7, 11) is 0. The number of aromatic nitrogens is 2. The van der Waals surface area contributed by atoms with E-state index in [4.69, 9.17) is 4.74 Å². The average molecular weight is 226 g/mol. The maximum absolute atomic E-state index is 11.6.